The van der Waals surface area contributed by atoms with E-state index >= 15 is 0 Å². The van der Waals surface area contributed by atoms with Gasteiger partial charge in [0.2, 0.25) is 0 Å². The number of aliphatic hydroxyl groups is 1. The monoisotopic (exact) mass is 438 g/mol. The maximum atomic E-state index is 10.6. The van der Waals surface area contributed by atoms with E-state index in [1.54, 1.807) is 12.2 Å². The van der Waals surface area contributed by atoms with Gasteiger partial charge in [-0.2, -0.15) is 0 Å². The summed E-state index contributed by atoms with van der Waals surface area (Å²) in [7, 11) is 0. The van der Waals surface area contributed by atoms with Crippen LogP contribution in [0.2, 0.25) is 10.0 Å². The van der Waals surface area contributed by atoms with Crippen molar-refractivity contribution in [3.8, 4) is 5.75 Å². The largest absolute Gasteiger partial charge is 0.508 e. The molecule has 1 aliphatic carbocycles. The third-order valence-corrected chi connectivity index (χ3v) is 5.46. The highest BCUT2D eigenvalue weighted by atomic mass is 35.5. The van der Waals surface area contributed by atoms with Crippen molar-refractivity contribution >= 4 is 46.3 Å². The molecule has 0 saturated heterocycles. The van der Waals surface area contributed by atoms with Gasteiger partial charge >= 0.3 is 5.97 Å². The number of hydrogen-bond donors (Lipinski definition) is 2. The molecule has 0 aliphatic heterocycles. The molecule has 0 radical (unpaired) electrons. The van der Waals surface area contributed by atoms with Crippen LogP contribution in [-0.2, 0) is 11.2 Å². The molecule has 2 aromatic carbocycles. The summed E-state index contributed by atoms with van der Waals surface area (Å²) in [6, 6.07) is 12.6. The van der Waals surface area contributed by atoms with Gasteiger partial charge in [0.25, 0.3) is 0 Å². The van der Waals surface area contributed by atoms with Gasteiger partial charge in [0.05, 0.1) is 4.87 Å². The number of rotatable bonds is 6. The lowest BCUT2D eigenvalue weighted by Crippen LogP contribution is -2.25. The van der Waals surface area contributed by atoms with E-state index in [2.05, 4.69) is 0 Å². The summed E-state index contributed by atoms with van der Waals surface area (Å²) in [6.07, 6.45) is 4.04. The molecule has 2 aromatic rings. The van der Waals surface area contributed by atoms with Gasteiger partial charge in [0.1, 0.15) is 11.5 Å². The van der Waals surface area contributed by atoms with Gasteiger partial charge in [0, 0.05) is 15.6 Å². The fourth-order valence-electron chi connectivity index (χ4n) is 3.05. The number of benzene rings is 2. The first kappa shape index (κ1) is 20.6. The highest BCUT2D eigenvalue weighted by Crippen LogP contribution is 2.42. The van der Waals surface area contributed by atoms with Gasteiger partial charge in [-0.3, -0.25) is 0 Å². The Morgan fingerprint density at radius 3 is 2.39 bits per heavy atom. The summed E-state index contributed by atoms with van der Waals surface area (Å²) in [6.45, 7) is -0.487. The average molecular weight is 440 g/mol. The number of carboxylic acid groups (broad SMARTS) is 1. The van der Waals surface area contributed by atoms with Gasteiger partial charge in [-0.25, -0.2) is 4.79 Å². The Labute approximate surface area is 177 Å². The number of carboxylic acids is 1. The van der Waals surface area contributed by atoms with Crippen molar-refractivity contribution in [2.75, 3.05) is 6.61 Å². The van der Waals surface area contributed by atoms with Crippen LogP contribution in [0.15, 0.2) is 60.4 Å². The summed E-state index contributed by atoms with van der Waals surface area (Å²) in [5, 5.41) is 19.7. The molecular formula is C21H17Cl3O4. The molecule has 7 heteroatoms. The van der Waals surface area contributed by atoms with E-state index in [0.29, 0.717) is 28.5 Å². The van der Waals surface area contributed by atoms with Crippen LogP contribution in [0.5, 0.6) is 5.75 Å². The lowest BCUT2D eigenvalue weighted by molar-refractivity contribution is -0.139. The van der Waals surface area contributed by atoms with Gasteiger partial charge in [-0.15, -0.1) is 11.6 Å². The Balaban J connectivity index is 1.84. The van der Waals surface area contributed by atoms with Crippen molar-refractivity contribution < 1.29 is 19.7 Å². The maximum Gasteiger partial charge on any atom is 0.341 e. The van der Waals surface area contributed by atoms with E-state index in [1.165, 1.54) is 12.1 Å². The molecule has 0 bridgehead atoms. The molecule has 2 N–H and O–H groups in total. The first-order valence-electron chi connectivity index (χ1n) is 8.45. The number of ether oxygens (including phenoxy) is 1. The second-order valence-corrected chi connectivity index (χ2v) is 8.07. The van der Waals surface area contributed by atoms with Crippen molar-refractivity contribution in [2.45, 2.75) is 17.7 Å². The minimum Gasteiger partial charge on any atom is -0.508 e. The van der Waals surface area contributed by atoms with Crippen LogP contribution in [-0.4, -0.2) is 27.7 Å². The van der Waals surface area contributed by atoms with Crippen LogP contribution in [0.3, 0.4) is 0 Å². The van der Waals surface area contributed by atoms with E-state index in [-0.39, 0.29) is 11.5 Å². The Hall–Kier alpha value is -2.14. The van der Waals surface area contributed by atoms with Gasteiger partial charge in [-0.05, 0) is 42.2 Å². The molecule has 28 heavy (non-hydrogen) atoms. The fraction of sp³-hybridized carbons (Fsp3) is 0.190. The van der Waals surface area contributed by atoms with Crippen LogP contribution >= 0.6 is 34.8 Å². The molecule has 0 fully saturated rings. The van der Waals surface area contributed by atoms with Crippen LogP contribution < -0.4 is 4.74 Å². The van der Waals surface area contributed by atoms with Gasteiger partial charge in [0.15, 0.2) is 6.61 Å². The Kier molecular flexibility index (Phi) is 6.23. The molecule has 3 rings (SSSR count). The predicted octanol–water partition coefficient (Wildman–Crippen LogP) is 5.91. The number of aliphatic hydroxyl groups excluding tert-OH is 1. The second-order valence-electron chi connectivity index (χ2n) is 6.50. The Morgan fingerprint density at radius 1 is 1.14 bits per heavy atom. The molecular weight excluding hydrogens is 423 g/mol. The van der Waals surface area contributed by atoms with Crippen molar-refractivity contribution in [3.05, 3.63) is 81.5 Å². The summed E-state index contributed by atoms with van der Waals surface area (Å²) < 4.78 is 5.13. The van der Waals surface area contributed by atoms with E-state index in [4.69, 9.17) is 44.6 Å². The minimum atomic E-state index is -1.09. The zero-order valence-corrected chi connectivity index (χ0v) is 16.9. The van der Waals surface area contributed by atoms with E-state index in [1.807, 2.05) is 30.3 Å². The number of alkyl halides is 1. The SMILES string of the molecule is O=C(O)COc1cc(Cl)c(CC2(Cl)C=CC(O)=C(c3ccccc3)C2)c(Cl)c1. The zero-order valence-electron chi connectivity index (χ0n) is 14.7. The van der Waals surface area contributed by atoms with Crippen LogP contribution in [0.1, 0.15) is 17.5 Å². The van der Waals surface area contributed by atoms with Crippen molar-refractivity contribution in [2.24, 2.45) is 0 Å². The van der Waals surface area contributed by atoms with Crippen molar-refractivity contribution in [1.82, 2.24) is 0 Å². The highest BCUT2D eigenvalue weighted by molar-refractivity contribution is 6.36. The van der Waals surface area contributed by atoms with Crippen LogP contribution in [0.25, 0.3) is 5.57 Å². The van der Waals surface area contributed by atoms with Gasteiger partial charge in [-0.1, -0.05) is 59.6 Å². The molecule has 1 atom stereocenters. The lowest BCUT2D eigenvalue weighted by atomic mass is 9.84. The fourth-order valence-corrected chi connectivity index (χ4v) is 3.98. The highest BCUT2D eigenvalue weighted by Gasteiger charge is 2.32. The topological polar surface area (TPSA) is 66.8 Å². The second kappa shape index (κ2) is 8.48. The summed E-state index contributed by atoms with van der Waals surface area (Å²) in [5.41, 5.74) is 2.26. The molecule has 1 unspecified atom stereocenters. The van der Waals surface area contributed by atoms with Gasteiger partial charge < -0.3 is 14.9 Å². The summed E-state index contributed by atoms with van der Waals surface area (Å²) in [4.78, 5) is 9.82. The summed E-state index contributed by atoms with van der Waals surface area (Å²) in [5.74, 6) is -0.646. The Bertz CT molecular complexity index is 930. The quantitative estimate of drug-likeness (QED) is 0.549. The van der Waals surface area contributed by atoms with E-state index < -0.39 is 17.5 Å². The number of allylic oxidation sites excluding steroid dienone is 3. The Morgan fingerprint density at radius 2 is 1.79 bits per heavy atom. The number of aliphatic carboxylic acids is 1. The molecule has 0 spiro atoms. The first-order chi connectivity index (χ1) is 13.3. The molecule has 0 aromatic heterocycles. The first-order valence-corrected chi connectivity index (χ1v) is 9.59. The van der Waals surface area contributed by atoms with Crippen LogP contribution in [0.4, 0.5) is 0 Å². The zero-order chi connectivity index (χ0) is 20.3. The van der Waals surface area contributed by atoms with Crippen molar-refractivity contribution in [3.63, 3.8) is 0 Å². The number of halogens is 3. The third kappa shape index (κ3) is 4.82. The average Bonchev–Trinajstić information content (AvgIpc) is 2.66. The number of hydrogen-bond acceptors (Lipinski definition) is 3. The smallest absolute Gasteiger partial charge is 0.341 e. The molecule has 0 heterocycles. The lowest BCUT2D eigenvalue weighted by Gasteiger charge is -2.29. The standard InChI is InChI=1S/C21H17Cl3O4/c22-17-8-14(28-12-20(26)27)9-18(23)16(17)11-21(24)7-6-19(25)15(10-21)13-4-2-1-3-5-13/h1-9,25H,10-12H2,(H,26,27). The third-order valence-electron chi connectivity index (χ3n) is 4.39. The molecule has 1 aliphatic rings. The predicted molar refractivity (Wildman–Crippen MR) is 112 cm³/mol. The van der Waals surface area contributed by atoms with E-state index in [0.717, 1.165) is 11.1 Å². The maximum absolute atomic E-state index is 10.6. The molecule has 0 saturated carbocycles. The molecule has 146 valence electrons. The number of carbonyl (C=O) groups is 1. The minimum absolute atomic E-state index is 0.178. The van der Waals surface area contributed by atoms with E-state index in [9.17, 15) is 9.90 Å². The normalized spacial score (nSPS) is 19.0. The van der Waals surface area contributed by atoms with Crippen LogP contribution in [0, 0.1) is 0 Å². The molecule has 0 amide bonds. The van der Waals surface area contributed by atoms with Crippen molar-refractivity contribution in [1.29, 1.82) is 0 Å². The summed E-state index contributed by atoms with van der Waals surface area (Å²) >= 11 is 19.6. The molecule has 4 nitrogen and oxygen atoms in total.